The van der Waals surface area contributed by atoms with E-state index in [4.69, 9.17) is 16.3 Å². The summed E-state index contributed by atoms with van der Waals surface area (Å²) in [5.74, 6) is 0.674. The summed E-state index contributed by atoms with van der Waals surface area (Å²) in [6.07, 6.45) is 1.36. The second-order valence-electron chi connectivity index (χ2n) is 6.42. The number of methoxy groups -OCH3 is 1. The second kappa shape index (κ2) is 9.48. The largest absolute Gasteiger partial charge is 0.375 e. The second-order valence-corrected chi connectivity index (χ2v) is 6.86. The molecule has 3 aromatic rings. The van der Waals surface area contributed by atoms with Crippen LogP contribution in [0.4, 0.5) is 0 Å². The number of hydrogen-bond donors (Lipinski definition) is 1. The average molecular weight is 400 g/mol. The Bertz CT molecular complexity index is 967. The smallest absolute Gasteiger partial charge is 0.245 e. The summed E-state index contributed by atoms with van der Waals surface area (Å²) in [6.45, 7) is 0.776. The van der Waals surface area contributed by atoms with Crippen molar-refractivity contribution >= 4 is 34.3 Å². The maximum atomic E-state index is 12.7. The van der Waals surface area contributed by atoms with Gasteiger partial charge in [0.15, 0.2) is 5.78 Å². The molecule has 1 heterocycles. The van der Waals surface area contributed by atoms with Gasteiger partial charge in [-0.2, -0.15) is 0 Å². The lowest BCUT2D eigenvalue weighted by molar-refractivity contribution is -0.124. The van der Waals surface area contributed by atoms with Crippen LogP contribution in [0.15, 0.2) is 48.5 Å². The maximum Gasteiger partial charge on any atom is 0.245 e. The van der Waals surface area contributed by atoms with E-state index in [2.05, 4.69) is 10.3 Å². The lowest BCUT2D eigenvalue weighted by Crippen LogP contribution is -2.28. The lowest BCUT2D eigenvalue weighted by Gasteiger charge is -2.09. The van der Waals surface area contributed by atoms with E-state index in [0.29, 0.717) is 30.0 Å². The van der Waals surface area contributed by atoms with Gasteiger partial charge >= 0.3 is 0 Å². The standard InChI is InChI=1S/C21H22ClN3O3/c1-28-14-21(27)23-12-4-7-20-24-17-5-2-3-6-18(17)25(20)13-19(26)15-8-10-16(22)11-9-15/h2-3,5-6,8-11H,4,7,12-14H2,1H3,(H,23,27). The summed E-state index contributed by atoms with van der Waals surface area (Å²) >= 11 is 5.91. The van der Waals surface area contributed by atoms with Crippen molar-refractivity contribution in [1.82, 2.24) is 14.9 Å². The Labute approximate surface area is 168 Å². The molecule has 0 unspecified atom stereocenters. The summed E-state index contributed by atoms with van der Waals surface area (Å²) in [4.78, 5) is 28.9. The molecule has 0 aliphatic carbocycles. The molecule has 1 amide bonds. The van der Waals surface area contributed by atoms with Gasteiger partial charge in [0, 0.05) is 30.7 Å². The number of nitrogens with zero attached hydrogens (tertiary/aromatic N) is 2. The molecule has 0 fully saturated rings. The zero-order chi connectivity index (χ0) is 19.9. The van der Waals surface area contributed by atoms with Crippen molar-refractivity contribution < 1.29 is 14.3 Å². The van der Waals surface area contributed by atoms with Crippen molar-refractivity contribution in [3.63, 3.8) is 0 Å². The van der Waals surface area contributed by atoms with Crippen molar-refractivity contribution in [2.24, 2.45) is 0 Å². The number of ether oxygens (including phenoxy) is 1. The molecule has 0 spiro atoms. The third-order valence-corrected chi connectivity index (χ3v) is 4.63. The fourth-order valence-electron chi connectivity index (χ4n) is 3.02. The Kier molecular flexibility index (Phi) is 6.79. The van der Waals surface area contributed by atoms with Crippen LogP contribution in [0.2, 0.25) is 5.02 Å². The zero-order valence-electron chi connectivity index (χ0n) is 15.7. The topological polar surface area (TPSA) is 73.2 Å². The fourth-order valence-corrected chi connectivity index (χ4v) is 3.15. The number of imidazole rings is 1. The highest BCUT2D eigenvalue weighted by Crippen LogP contribution is 2.19. The van der Waals surface area contributed by atoms with Crippen LogP contribution in [0.25, 0.3) is 11.0 Å². The van der Waals surface area contributed by atoms with E-state index in [0.717, 1.165) is 16.9 Å². The van der Waals surface area contributed by atoms with E-state index in [1.807, 2.05) is 28.8 Å². The Morgan fingerprint density at radius 1 is 1.14 bits per heavy atom. The first-order valence-electron chi connectivity index (χ1n) is 9.07. The third-order valence-electron chi connectivity index (χ3n) is 4.38. The number of carbonyl (C=O) groups excluding carboxylic acids is 2. The molecule has 0 atom stereocenters. The highest BCUT2D eigenvalue weighted by molar-refractivity contribution is 6.30. The number of rotatable bonds is 9. The Morgan fingerprint density at radius 2 is 1.89 bits per heavy atom. The van der Waals surface area contributed by atoms with Crippen molar-refractivity contribution in [3.8, 4) is 0 Å². The minimum atomic E-state index is -0.145. The number of fused-ring (bicyclic) bond motifs is 1. The van der Waals surface area contributed by atoms with E-state index in [-0.39, 0.29) is 24.8 Å². The van der Waals surface area contributed by atoms with Crippen molar-refractivity contribution in [2.75, 3.05) is 20.3 Å². The summed E-state index contributed by atoms with van der Waals surface area (Å²) in [5, 5.41) is 3.40. The van der Waals surface area contributed by atoms with Crippen LogP contribution in [0.5, 0.6) is 0 Å². The number of para-hydroxylation sites is 2. The Morgan fingerprint density at radius 3 is 2.64 bits per heavy atom. The lowest BCUT2D eigenvalue weighted by atomic mass is 10.1. The first kappa shape index (κ1) is 20.0. The molecule has 0 aliphatic heterocycles. The molecule has 146 valence electrons. The fraction of sp³-hybridized carbons (Fsp3) is 0.286. The highest BCUT2D eigenvalue weighted by atomic mass is 35.5. The number of Topliss-reactive ketones (excluding diaryl/α,β-unsaturated/α-hetero) is 1. The minimum absolute atomic E-state index is 0.00512. The number of hydrogen-bond acceptors (Lipinski definition) is 4. The predicted molar refractivity (Wildman–Crippen MR) is 109 cm³/mol. The summed E-state index contributed by atoms with van der Waals surface area (Å²) in [5.41, 5.74) is 2.38. The van der Waals surface area contributed by atoms with Crippen LogP contribution in [0.1, 0.15) is 22.6 Å². The molecule has 1 aromatic heterocycles. The summed E-state index contributed by atoms with van der Waals surface area (Å²) < 4.78 is 6.74. The quantitative estimate of drug-likeness (QED) is 0.442. The number of amides is 1. The molecule has 2 aromatic carbocycles. The molecular weight excluding hydrogens is 378 g/mol. The van der Waals surface area contributed by atoms with E-state index in [9.17, 15) is 9.59 Å². The van der Waals surface area contributed by atoms with Crippen LogP contribution in [0, 0.1) is 0 Å². The van der Waals surface area contributed by atoms with Crippen molar-refractivity contribution in [2.45, 2.75) is 19.4 Å². The normalized spacial score (nSPS) is 10.9. The minimum Gasteiger partial charge on any atom is -0.375 e. The number of halogens is 1. The van der Waals surface area contributed by atoms with Gasteiger partial charge in [-0.15, -0.1) is 0 Å². The summed E-state index contributed by atoms with van der Waals surface area (Å²) in [7, 11) is 1.49. The maximum absolute atomic E-state index is 12.7. The van der Waals surface area contributed by atoms with Crippen LogP contribution < -0.4 is 5.32 Å². The molecule has 0 radical (unpaired) electrons. The van der Waals surface area contributed by atoms with E-state index < -0.39 is 0 Å². The van der Waals surface area contributed by atoms with Crippen LogP contribution in [-0.4, -0.2) is 41.5 Å². The average Bonchev–Trinajstić information content (AvgIpc) is 3.03. The van der Waals surface area contributed by atoms with E-state index in [1.165, 1.54) is 7.11 Å². The molecule has 7 heteroatoms. The van der Waals surface area contributed by atoms with Gasteiger partial charge in [-0.1, -0.05) is 23.7 Å². The monoisotopic (exact) mass is 399 g/mol. The van der Waals surface area contributed by atoms with Gasteiger partial charge in [-0.25, -0.2) is 4.98 Å². The number of ketones is 1. The van der Waals surface area contributed by atoms with Gasteiger partial charge in [0.25, 0.3) is 0 Å². The first-order valence-corrected chi connectivity index (χ1v) is 9.45. The zero-order valence-corrected chi connectivity index (χ0v) is 16.4. The molecule has 3 rings (SSSR count). The van der Waals surface area contributed by atoms with Crippen molar-refractivity contribution in [3.05, 3.63) is 64.9 Å². The van der Waals surface area contributed by atoms with Gasteiger partial charge in [0.1, 0.15) is 12.4 Å². The van der Waals surface area contributed by atoms with Gasteiger partial charge in [-0.05, 0) is 42.8 Å². The molecule has 0 aliphatic rings. The molecule has 28 heavy (non-hydrogen) atoms. The Hall–Kier alpha value is -2.70. The summed E-state index contributed by atoms with van der Waals surface area (Å²) in [6, 6.07) is 14.6. The number of benzene rings is 2. The van der Waals surface area contributed by atoms with Gasteiger partial charge in [0.2, 0.25) is 5.91 Å². The predicted octanol–water partition coefficient (Wildman–Crippen LogP) is 3.27. The van der Waals surface area contributed by atoms with Gasteiger partial charge < -0.3 is 14.6 Å². The molecule has 1 N–H and O–H groups in total. The molecule has 0 saturated heterocycles. The van der Waals surface area contributed by atoms with Crippen molar-refractivity contribution in [1.29, 1.82) is 0 Å². The van der Waals surface area contributed by atoms with Gasteiger partial charge in [0.05, 0.1) is 17.6 Å². The Balaban J connectivity index is 1.74. The molecule has 6 nitrogen and oxygen atoms in total. The SMILES string of the molecule is COCC(=O)NCCCc1nc2ccccc2n1CC(=O)c1ccc(Cl)cc1. The van der Waals surface area contributed by atoms with Crippen LogP contribution in [0.3, 0.4) is 0 Å². The molecule has 0 bridgehead atoms. The van der Waals surface area contributed by atoms with Gasteiger partial charge in [-0.3, -0.25) is 9.59 Å². The van der Waals surface area contributed by atoms with E-state index >= 15 is 0 Å². The van der Waals surface area contributed by atoms with Crippen LogP contribution in [-0.2, 0) is 22.5 Å². The first-order chi connectivity index (χ1) is 13.6. The number of aryl methyl sites for hydroxylation is 1. The third kappa shape index (κ3) is 4.97. The molecular formula is C21H22ClN3O3. The van der Waals surface area contributed by atoms with Crippen LogP contribution >= 0.6 is 11.6 Å². The molecule has 0 saturated carbocycles. The number of nitrogens with one attached hydrogen (secondary N) is 1. The van der Waals surface area contributed by atoms with E-state index in [1.54, 1.807) is 24.3 Å². The highest BCUT2D eigenvalue weighted by Gasteiger charge is 2.15. The number of carbonyl (C=O) groups is 2. The number of aromatic nitrogens is 2.